The van der Waals surface area contributed by atoms with E-state index in [0.717, 1.165) is 70.6 Å². The molecular weight excluding hydrogens is 971 g/mol. The summed E-state index contributed by atoms with van der Waals surface area (Å²) in [6, 6.07) is -0.862. The van der Waals surface area contributed by atoms with Crippen LogP contribution in [0, 0.1) is 0 Å². The lowest BCUT2D eigenvalue weighted by Crippen LogP contribution is -2.60. The molecule has 0 aromatic rings. The molecule has 7 atom stereocenters. The second-order valence-electron chi connectivity index (χ2n) is 21.8. The summed E-state index contributed by atoms with van der Waals surface area (Å²) in [7, 11) is 0. The molecule has 0 radical (unpaired) electrons. The third kappa shape index (κ3) is 45.6. The number of hydrogen-bond donors (Lipinski definition) is 6. The van der Waals surface area contributed by atoms with Crippen LogP contribution in [0.5, 0.6) is 0 Å². The minimum Gasteiger partial charge on any atom is -0.394 e. The molecule has 448 valence electrons. The van der Waals surface area contributed by atoms with E-state index < -0.39 is 49.5 Å². The predicted octanol–water partition coefficient (Wildman–Crippen LogP) is 16.9. The maximum absolute atomic E-state index is 13.1. The zero-order valence-electron chi connectivity index (χ0n) is 49.9. The number of rotatable bonds is 54. The number of aliphatic hydroxyl groups is 5. The Morgan fingerprint density at radius 2 is 0.808 bits per heavy atom. The Hall–Kier alpha value is -3.15. The lowest BCUT2D eigenvalue weighted by molar-refractivity contribution is -0.302. The molecule has 0 aromatic carbocycles. The fourth-order valence-corrected chi connectivity index (χ4v) is 9.58. The number of amides is 1. The fraction of sp³-hybridized carbons (Fsp3) is 0.725. The fourth-order valence-electron chi connectivity index (χ4n) is 9.58. The Morgan fingerprint density at radius 1 is 0.449 bits per heavy atom. The van der Waals surface area contributed by atoms with Gasteiger partial charge in [0, 0.05) is 6.42 Å². The van der Waals surface area contributed by atoms with Gasteiger partial charge in [0.15, 0.2) is 6.29 Å². The van der Waals surface area contributed by atoms with Crippen molar-refractivity contribution in [3.05, 3.63) is 109 Å². The second-order valence-corrected chi connectivity index (χ2v) is 21.8. The molecule has 78 heavy (non-hydrogen) atoms. The van der Waals surface area contributed by atoms with Crippen LogP contribution in [0.2, 0.25) is 0 Å². The summed E-state index contributed by atoms with van der Waals surface area (Å²) in [5, 5.41) is 54.5. The Balaban J connectivity index is 2.23. The van der Waals surface area contributed by atoms with Gasteiger partial charge in [-0.15, -0.1) is 0 Å². The van der Waals surface area contributed by atoms with Crippen molar-refractivity contribution < 1.29 is 39.8 Å². The molecule has 0 aliphatic carbocycles. The van der Waals surface area contributed by atoms with Gasteiger partial charge >= 0.3 is 0 Å². The molecule has 9 nitrogen and oxygen atoms in total. The number of aliphatic hydroxyl groups excluding tert-OH is 5. The van der Waals surface area contributed by atoms with Crippen molar-refractivity contribution in [1.82, 2.24) is 5.32 Å². The summed E-state index contributed by atoms with van der Waals surface area (Å²) in [5.41, 5.74) is 0. The zero-order chi connectivity index (χ0) is 56.5. The summed E-state index contributed by atoms with van der Waals surface area (Å²) in [6.07, 6.45) is 77.6. The Morgan fingerprint density at radius 3 is 1.23 bits per heavy atom. The van der Waals surface area contributed by atoms with Crippen molar-refractivity contribution in [2.45, 2.75) is 307 Å². The summed E-state index contributed by atoms with van der Waals surface area (Å²) in [5.74, 6) is -0.246. The molecule has 0 spiro atoms. The number of hydrogen-bond acceptors (Lipinski definition) is 8. The first-order chi connectivity index (χ1) is 38.3. The van der Waals surface area contributed by atoms with Crippen LogP contribution < -0.4 is 5.32 Å². The van der Waals surface area contributed by atoms with E-state index in [0.29, 0.717) is 6.42 Å². The molecule has 0 bridgehead atoms. The first kappa shape index (κ1) is 72.9. The number of nitrogens with one attached hydrogen (secondary N) is 1. The van der Waals surface area contributed by atoms with Gasteiger partial charge in [0.05, 0.1) is 25.4 Å². The summed E-state index contributed by atoms with van der Waals surface area (Å²) in [4.78, 5) is 13.1. The number of carbonyl (C=O) groups is 1. The van der Waals surface area contributed by atoms with Crippen LogP contribution in [0.15, 0.2) is 109 Å². The Kier molecular flexibility index (Phi) is 53.3. The Labute approximate surface area is 478 Å². The summed E-state index contributed by atoms with van der Waals surface area (Å²) < 4.78 is 11.3. The van der Waals surface area contributed by atoms with E-state index in [1.807, 2.05) is 6.08 Å². The molecule has 7 unspecified atom stereocenters. The minimum atomic E-state index is -1.59. The van der Waals surface area contributed by atoms with Crippen LogP contribution in [-0.4, -0.2) is 87.5 Å². The number of unbranched alkanes of at least 4 members (excludes halogenated alkanes) is 28. The van der Waals surface area contributed by atoms with E-state index in [4.69, 9.17) is 9.47 Å². The van der Waals surface area contributed by atoms with Gasteiger partial charge in [-0.1, -0.05) is 284 Å². The van der Waals surface area contributed by atoms with Gasteiger partial charge in [0.25, 0.3) is 0 Å². The first-order valence-electron chi connectivity index (χ1n) is 32.1. The number of allylic oxidation sites excluding steroid dienone is 17. The van der Waals surface area contributed by atoms with Crippen LogP contribution >= 0.6 is 0 Å². The van der Waals surface area contributed by atoms with Crippen molar-refractivity contribution in [3.8, 4) is 0 Å². The highest BCUT2D eigenvalue weighted by Crippen LogP contribution is 2.23. The van der Waals surface area contributed by atoms with Gasteiger partial charge in [0.1, 0.15) is 24.4 Å². The molecule has 1 saturated heterocycles. The van der Waals surface area contributed by atoms with Crippen LogP contribution in [0.3, 0.4) is 0 Å². The lowest BCUT2D eigenvalue weighted by Gasteiger charge is -2.40. The van der Waals surface area contributed by atoms with Crippen LogP contribution in [0.1, 0.15) is 264 Å². The van der Waals surface area contributed by atoms with Crippen molar-refractivity contribution in [3.63, 3.8) is 0 Å². The van der Waals surface area contributed by atoms with Crippen LogP contribution in [-0.2, 0) is 14.3 Å². The van der Waals surface area contributed by atoms with Crippen molar-refractivity contribution in [2.24, 2.45) is 0 Å². The minimum absolute atomic E-state index is 0.231. The predicted molar refractivity (Wildman–Crippen MR) is 331 cm³/mol. The summed E-state index contributed by atoms with van der Waals surface area (Å²) >= 11 is 0. The largest absolute Gasteiger partial charge is 0.394 e. The highest BCUT2D eigenvalue weighted by Gasteiger charge is 2.44. The van der Waals surface area contributed by atoms with Gasteiger partial charge in [-0.2, -0.15) is 0 Å². The highest BCUT2D eigenvalue weighted by molar-refractivity contribution is 5.76. The maximum atomic E-state index is 13.1. The van der Waals surface area contributed by atoms with E-state index in [1.165, 1.54) is 167 Å². The van der Waals surface area contributed by atoms with E-state index in [2.05, 4.69) is 116 Å². The van der Waals surface area contributed by atoms with E-state index in [1.54, 1.807) is 6.08 Å². The molecule has 1 amide bonds. The average molecular weight is 1090 g/mol. The summed E-state index contributed by atoms with van der Waals surface area (Å²) in [6.45, 7) is 3.63. The van der Waals surface area contributed by atoms with Gasteiger partial charge < -0.3 is 40.3 Å². The van der Waals surface area contributed by atoms with Gasteiger partial charge in [-0.25, -0.2) is 0 Å². The van der Waals surface area contributed by atoms with E-state index in [-0.39, 0.29) is 18.9 Å². The van der Waals surface area contributed by atoms with Gasteiger partial charge in [-0.3, -0.25) is 4.79 Å². The van der Waals surface area contributed by atoms with Crippen molar-refractivity contribution in [2.75, 3.05) is 13.2 Å². The molecule has 0 aromatic heterocycles. The molecule has 1 rings (SSSR count). The molecule has 1 heterocycles. The monoisotopic (exact) mass is 1090 g/mol. The standard InChI is InChI=1S/C69H119NO8/c1-3-5-7-9-11-13-15-17-19-21-23-25-27-28-29-30-31-32-33-34-35-37-38-40-42-44-46-48-50-52-54-56-58-63(72)62(61-77-69-68(76)67(75)66(74)64(60-71)78-69)70-65(73)59-57-55-53-51-49-47-45-43-41-39-36-26-24-22-20-18-16-14-12-10-8-6-4-2/h6,8,12,14,18,20,24,26,39,41,45,47-48,50-51,53,56,58,62-64,66-69,71-72,74-76H,3-5,7,9-11,13,15-17,19,21-23,25,27-38,40,42-44,46,49,52,54-55,57,59-61H2,1-2H3,(H,70,73)/b8-6-,14-12-,20-18-,26-24-,41-39-,47-45-,50-48+,53-51-,58-56+. The lowest BCUT2D eigenvalue weighted by atomic mass is 9.99. The smallest absolute Gasteiger partial charge is 0.220 e. The third-order valence-electron chi connectivity index (χ3n) is 14.6. The first-order valence-corrected chi connectivity index (χ1v) is 32.1. The number of carbonyl (C=O) groups excluding carboxylic acids is 1. The Bertz CT molecular complexity index is 1590. The SMILES string of the molecule is CC/C=C\C/C=C\C/C=C\C/C=C\C/C=C\C/C=C\C/C=C\CCCC(=O)NC(COC1OC(CO)C(O)C(O)C1O)C(O)/C=C/CC/C=C/CCCCCCCCCCCCCCCCCCCCCCCCCCCC. The van der Waals surface area contributed by atoms with E-state index >= 15 is 0 Å². The molecule has 0 saturated carbocycles. The number of ether oxygens (including phenoxy) is 2. The maximum Gasteiger partial charge on any atom is 0.220 e. The topological polar surface area (TPSA) is 149 Å². The van der Waals surface area contributed by atoms with Crippen molar-refractivity contribution >= 4 is 5.91 Å². The third-order valence-corrected chi connectivity index (χ3v) is 14.6. The second kappa shape index (κ2) is 57.1. The molecule has 1 aliphatic rings. The average Bonchev–Trinajstić information content (AvgIpc) is 3.45. The molecule has 1 aliphatic heterocycles. The quantitative estimate of drug-likeness (QED) is 0.0261. The molecule has 9 heteroatoms. The zero-order valence-corrected chi connectivity index (χ0v) is 49.9. The van der Waals surface area contributed by atoms with Crippen LogP contribution in [0.4, 0.5) is 0 Å². The molecule has 6 N–H and O–H groups in total. The van der Waals surface area contributed by atoms with E-state index in [9.17, 15) is 30.3 Å². The van der Waals surface area contributed by atoms with Crippen LogP contribution in [0.25, 0.3) is 0 Å². The molecule has 1 fully saturated rings. The van der Waals surface area contributed by atoms with Gasteiger partial charge in [-0.05, 0) is 83.5 Å². The van der Waals surface area contributed by atoms with Gasteiger partial charge in [0.2, 0.25) is 5.91 Å². The molecular formula is C69H119NO8. The highest BCUT2D eigenvalue weighted by atomic mass is 16.7. The van der Waals surface area contributed by atoms with Crippen molar-refractivity contribution in [1.29, 1.82) is 0 Å². The normalized spacial score (nSPS) is 19.4.